The van der Waals surface area contributed by atoms with Gasteiger partial charge in [-0.3, -0.25) is 14.4 Å². The summed E-state index contributed by atoms with van der Waals surface area (Å²) in [5.74, 6) is -0.854. The molecule has 2 unspecified atom stereocenters. The smallest absolute Gasteiger partial charge is 0.306 e. The van der Waals surface area contributed by atoms with Crippen molar-refractivity contribution in [2.45, 2.75) is 46.6 Å². The zero-order valence-electron chi connectivity index (χ0n) is 17.3. The molecule has 0 bridgehead atoms. The first kappa shape index (κ1) is 19.2. The van der Waals surface area contributed by atoms with E-state index in [0.29, 0.717) is 12.2 Å². The molecule has 0 aromatic heterocycles. The Labute approximate surface area is 165 Å². The molecule has 1 heterocycles. The summed E-state index contributed by atoms with van der Waals surface area (Å²) in [6, 6.07) is 0. The summed E-state index contributed by atoms with van der Waals surface area (Å²) in [4.78, 5) is 39.6. The van der Waals surface area contributed by atoms with E-state index < -0.39 is 22.9 Å². The lowest BCUT2D eigenvalue weighted by Crippen LogP contribution is -2.69. The Morgan fingerprint density at radius 3 is 2.43 bits per heavy atom. The molecule has 0 aromatic carbocycles. The van der Waals surface area contributed by atoms with Crippen LogP contribution in [0.2, 0.25) is 0 Å². The van der Waals surface area contributed by atoms with Crippen LogP contribution >= 0.6 is 0 Å². The van der Waals surface area contributed by atoms with Crippen LogP contribution in [0.1, 0.15) is 40.5 Å². The van der Waals surface area contributed by atoms with E-state index in [1.807, 2.05) is 33.8 Å². The van der Waals surface area contributed by atoms with E-state index in [9.17, 15) is 14.4 Å². The van der Waals surface area contributed by atoms with Gasteiger partial charge in [-0.15, -0.1) is 0 Å². The van der Waals surface area contributed by atoms with E-state index in [1.165, 1.54) is 14.2 Å². The molecular formula is C22H28O6. The predicted molar refractivity (Wildman–Crippen MR) is 99.8 cm³/mol. The van der Waals surface area contributed by atoms with Crippen LogP contribution in [0, 0.1) is 34.5 Å². The van der Waals surface area contributed by atoms with Crippen molar-refractivity contribution in [2.24, 2.45) is 34.5 Å². The summed E-state index contributed by atoms with van der Waals surface area (Å²) in [6.07, 6.45) is 2.21. The molecule has 1 aliphatic heterocycles. The average molecular weight is 388 g/mol. The molecular weight excluding hydrogens is 360 g/mol. The molecule has 6 nitrogen and oxygen atoms in total. The maximum absolute atomic E-state index is 13.7. The van der Waals surface area contributed by atoms with Crippen LogP contribution in [-0.2, 0) is 28.6 Å². The van der Waals surface area contributed by atoms with Crippen LogP contribution in [0.15, 0.2) is 23.2 Å². The quantitative estimate of drug-likeness (QED) is 0.677. The molecule has 0 N–H and O–H groups in total. The maximum Gasteiger partial charge on any atom is 0.306 e. The Hall–Kier alpha value is -2.11. The fourth-order valence-corrected chi connectivity index (χ4v) is 6.81. The summed E-state index contributed by atoms with van der Waals surface area (Å²) in [6.45, 7) is 7.80. The first-order chi connectivity index (χ1) is 13.1. The predicted octanol–water partition coefficient (Wildman–Crippen LogP) is 2.82. The Bertz CT molecular complexity index is 838. The number of ether oxygens (including phenoxy) is 3. The second kappa shape index (κ2) is 5.94. The first-order valence-electron chi connectivity index (χ1n) is 9.91. The number of rotatable bonds is 2. The van der Waals surface area contributed by atoms with Gasteiger partial charge in [-0.25, -0.2) is 0 Å². The Morgan fingerprint density at radius 2 is 1.82 bits per heavy atom. The summed E-state index contributed by atoms with van der Waals surface area (Å²) >= 11 is 0. The average Bonchev–Trinajstić information content (AvgIpc) is 2.63. The second-order valence-corrected chi connectivity index (χ2v) is 9.16. The number of carbonyl (C=O) groups is 3. The van der Waals surface area contributed by atoms with E-state index in [1.54, 1.807) is 0 Å². The summed E-state index contributed by atoms with van der Waals surface area (Å²) in [7, 11) is 2.97. The van der Waals surface area contributed by atoms with E-state index in [2.05, 4.69) is 0 Å². The fraction of sp³-hybridized carbons (Fsp3) is 0.682. The van der Waals surface area contributed by atoms with Gasteiger partial charge in [0.05, 0.1) is 20.6 Å². The van der Waals surface area contributed by atoms with Crippen LogP contribution in [0.3, 0.4) is 0 Å². The molecule has 0 amide bonds. The number of allylic oxidation sites excluding steroid dienone is 4. The molecule has 4 aliphatic rings. The Kier molecular flexibility index (Phi) is 4.08. The molecule has 0 radical (unpaired) electrons. The third kappa shape index (κ3) is 2.06. The van der Waals surface area contributed by atoms with Crippen molar-refractivity contribution in [1.29, 1.82) is 0 Å². The monoisotopic (exact) mass is 388 g/mol. The van der Waals surface area contributed by atoms with Gasteiger partial charge in [0.1, 0.15) is 6.10 Å². The number of hydrogen-bond donors (Lipinski definition) is 0. The van der Waals surface area contributed by atoms with Crippen molar-refractivity contribution < 1.29 is 28.6 Å². The summed E-state index contributed by atoms with van der Waals surface area (Å²) in [5, 5.41) is 0. The Morgan fingerprint density at radius 1 is 1.14 bits per heavy atom. The molecule has 4 rings (SSSR count). The van der Waals surface area contributed by atoms with Crippen molar-refractivity contribution in [3.63, 3.8) is 0 Å². The van der Waals surface area contributed by atoms with Gasteiger partial charge in [0.25, 0.3) is 0 Å². The molecule has 7 atom stereocenters. The lowest BCUT2D eigenvalue weighted by atomic mass is 9.40. The minimum atomic E-state index is -0.936. The second-order valence-electron chi connectivity index (χ2n) is 9.16. The number of Topliss-reactive ketones (excluding diaryl/α,β-unsaturated/α-hetero) is 2. The van der Waals surface area contributed by atoms with Crippen molar-refractivity contribution in [3.8, 4) is 0 Å². The molecule has 3 aliphatic carbocycles. The van der Waals surface area contributed by atoms with Crippen molar-refractivity contribution in [1.82, 2.24) is 0 Å². The van der Waals surface area contributed by atoms with Gasteiger partial charge < -0.3 is 14.2 Å². The zero-order valence-corrected chi connectivity index (χ0v) is 17.3. The number of methoxy groups -OCH3 is 2. The van der Waals surface area contributed by atoms with Gasteiger partial charge >= 0.3 is 5.97 Å². The molecule has 6 heteroatoms. The van der Waals surface area contributed by atoms with E-state index in [4.69, 9.17) is 14.2 Å². The van der Waals surface area contributed by atoms with Gasteiger partial charge in [0.2, 0.25) is 11.6 Å². The molecule has 152 valence electrons. The number of esters is 1. The molecule has 28 heavy (non-hydrogen) atoms. The highest BCUT2D eigenvalue weighted by atomic mass is 16.5. The summed E-state index contributed by atoms with van der Waals surface area (Å²) in [5.41, 5.74) is -0.795. The normalized spacial score (nSPS) is 45.0. The molecule has 2 fully saturated rings. The van der Waals surface area contributed by atoms with Crippen LogP contribution < -0.4 is 0 Å². The lowest BCUT2D eigenvalue weighted by molar-refractivity contribution is -0.217. The molecule has 1 saturated carbocycles. The van der Waals surface area contributed by atoms with Gasteiger partial charge in [-0.2, -0.15) is 0 Å². The minimum Gasteiger partial charge on any atom is -0.493 e. The number of carbonyl (C=O) groups excluding carboxylic acids is 3. The van der Waals surface area contributed by atoms with Crippen molar-refractivity contribution in [2.75, 3.05) is 14.2 Å². The number of fused-ring (bicyclic) bond motifs is 2. The zero-order chi connectivity index (χ0) is 20.6. The highest BCUT2D eigenvalue weighted by Crippen LogP contribution is 2.67. The van der Waals surface area contributed by atoms with Gasteiger partial charge in [-0.05, 0) is 36.8 Å². The van der Waals surface area contributed by atoms with Crippen LogP contribution in [0.25, 0.3) is 0 Å². The lowest BCUT2D eigenvalue weighted by Gasteiger charge is -2.64. The maximum atomic E-state index is 13.7. The summed E-state index contributed by atoms with van der Waals surface area (Å²) < 4.78 is 16.7. The molecule has 0 spiro atoms. The minimum absolute atomic E-state index is 0.0204. The fourth-order valence-electron chi connectivity index (χ4n) is 6.81. The van der Waals surface area contributed by atoms with E-state index in [0.717, 1.165) is 5.57 Å². The van der Waals surface area contributed by atoms with Crippen LogP contribution in [0.4, 0.5) is 0 Å². The third-order valence-electron chi connectivity index (χ3n) is 8.10. The van der Waals surface area contributed by atoms with Crippen LogP contribution in [0.5, 0.6) is 0 Å². The van der Waals surface area contributed by atoms with E-state index >= 15 is 0 Å². The highest BCUT2D eigenvalue weighted by molar-refractivity contribution is 6.07. The van der Waals surface area contributed by atoms with Crippen LogP contribution in [-0.4, -0.2) is 37.9 Å². The van der Waals surface area contributed by atoms with E-state index in [-0.39, 0.29) is 47.5 Å². The highest BCUT2D eigenvalue weighted by Gasteiger charge is 2.72. The number of hydrogen-bond acceptors (Lipinski definition) is 6. The Balaban J connectivity index is 1.99. The van der Waals surface area contributed by atoms with Crippen molar-refractivity contribution >= 4 is 17.5 Å². The number of ketones is 2. The molecule has 0 aromatic rings. The topological polar surface area (TPSA) is 78.9 Å². The SMILES string of the molecule is COC1=CC(C)[C@@H]2C[C@H]3OC(=O)C[C@H]4C(C)=C(OC)C(=O)C([C@@]34C)[C@@]2(C)C1=O. The van der Waals surface area contributed by atoms with Gasteiger partial charge in [0, 0.05) is 22.7 Å². The van der Waals surface area contributed by atoms with Gasteiger partial charge in [0.15, 0.2) is 11.5 Å². The third-order valence-corrected chi connectivity index (χ3v) is 8.10. The largest absolute Gasteiger partial charge is 0.493 e. The standard InChI is InChI=1S/C22H28O6/c1-10-7-14(26-5)20(25)22(4)12(10)8-15-21(3)13(9-16(23)28-15)11(2)18(27-6)17(24)19(21)22/h7,10,12-13,15,19H,8-9H2,1-6H3/t10?,12-,13-,15+,19?,21+,22-/m0/s1. The van der Waals surface area contributed by atoms with Gasteiger partial charge in [-0.1, -0.05) is 20.8 Å². The van der Waals surface area contributed by atoms with Crippen molar-refractivity contribution in [3.05, 3.63) is 23.2 Å². The molecule has 1 saturated heterocycles. The first-order valence-corrected chi connectivity index (χ1v) is 9.91.